The molecule has 0 radical (unpaired) electrons. The molecule has 1 amide bonds. The highest BCUT2D eigenvalue weighted by Crippen LogP contribution is 2.28. The van der Waals surface area contributed by atoms with E-state index in [-0.39, 0.29) is 30.1 Å². The van der Waals surface area contributed by atoms with Crippen LogP contribution in [-0.4, -0.2) is 34.3 Å². The zero-order valence-electron chi connectivity index (χ0n) is 12.2. The van der Waals surface area contributed by atoms with E-state index < -0.39 is 5.97 Å². The molecule has 0 spiro atoms. The number of carboxylic acids is 1. The van der Waals surface area contributed by atoms with Gasteiger partial charge in [-0.1, -0.05) is 22.0 Å². The summed E-state index contributed by atoms with van der Waals surface area (Å²) >= 11 is 8.64. The average Bonchev–Trinajstić information content (AvgIpc) is 3.31. The topological polar surface area (TPSA) is 57.6 Å². The smallest absolute Gasteiger partial charge is 0.306 e. The fourth-order valence-corrected chi connectivity index (χ4v) is 2.15. The Labute approximate surface area is 142 Å². The van der Waals surface area contributed by atoms with E-state index in [0.29, 0.717) is 16.6 Å². The van der Waals surface area contributed by atoms with Gasteiger partial charge in [0.2, 0.25) is 5.91 Å². The van der Waals surface area contributed by atoms with E-state index in [1.165, 1.54) is 11.0 Å². The van der Waals surface area contributed by atoms with E-state index in [4.69, 9.17) is 16.7 Å². The standard InChI is InChI=1S/C11H12BrClFNO.C4H6O2/c1-2-15(11(16)6-13)7-8-3-4-9(12)5-10(8)14;5-4(6)3-1-2-3/h3-5H,2,6-7H2,1H3;3H,1-2H2,(H,5,6). The van der Waals surface area contributed by atoms with Crippen LogP contribution >= 0.6 is 27.5 Å². The van der Waals surface area contributed by atoms with Gasteiger partial charge >= 0.3 is 5.97 Å². The minimum Gasteiger partial charge on any atom is -0.481 e. The van der Waals surface area contributed by atoms with E-state index in [2.05, 4.69) is 15.9 Å². The summed E-state index contributed by atoms with van der Waals surface area (Å²) < 4.78 is 14.2. The molecule has 0 saturated heterocycles. The number of nitrogens with zero attached hydrogens (tertiary/aromatic N) is 1. The maximum Gasteiger partial charge on any atom is 0.306 e. The lowest BCUT2D eigenvalue weighted by atomic mass is 10.2. The summed E-state index contributed by atoms with van der Waals surface area (Å²) in [5, 5.41) is 8.05. The summed E-state index contributed by atoms with van der Waals surface area (Å²) in [4.78, 5) is 22.7. The fourth-order valence-electron chi connectivity index (χ4n) is 1.65. The zero-order valence-corrected chi connectivity index (χ0v) is 14.5. The largest absolute Gasteiger partial charge is 0.481 e. The molecule has 7 heteroatoms. The van der Waals surface area contributed by atoms with Gasteiger partial charge in [0.05, 0.1) is 5.92 Å². The van der Waals surface area contributed by atoms with Gasteiger partial charge in [0.1, 0.15) is 11.7 Å². The zero-order chi connectivity index (χ0) is 16.7. The van der Waals surface area contributed by atoms with Crippen LogP contribution in [0.1, 0.15) is 25.3 Å². The Morgan fingerprint density at radius 3 is 2.45 bits per heavy atom. The predicted octanol–water partition coefficient (Wildman–Crippen LogP) is 3.66. The van der Waals surface area contributed by atoms with Crippen molar-refractivity contribution in [2.24, 2.45) is 5.92 Å². The van der Waals surface area contributed by atoms with Crippen molar-refractivity contribution in [2.75, 3.05) is 12.4 Å². The molecule has 1 aliphatic carbocycles. The first-order valence-electron chi connectivity index (χ1n) is 6.89. The normalized spacial score (nSPS) is 13.1. The number of hydrogen-bond donors (Lipinski definition) is 1. The van der Waals surface area contributed by atoms with Crippen LogP contribution in [0.25, 0.3) is 0 Å². The maximum atomic E-state index is 13.5. The van der Waals surface area contributed by atoms with E-state index in [9.17, 15) is 14.0 Å². The summed E-state index contributed by atoms with van der Waals surface area (Å²) in [5.41, 5.74) is 0.489. The van der Waals surface area contributed by atoms with Gasteiger partial charge in [0.15, 0.2) is 0 Å². The molecule has 1 aromatic carbocycles. The van der Waals surface area contributed by atoms with Crippen LogP contribution in [0.15, 0.2) is 22.7 Å². The maximum absolute atomic E-state index is 13.5. The molecule has 1 saturated carbocycles. The van der Waals surface area contributed by atoms with Crippen molar-refractivity contribution in [3.05, 3.63) is 34.1 Å². The molecule has 0 bridgehead atoms. The Morgan fingerprint density at radius 1 is 1.45 bits per heavy atom. The lowest BCUT2D eigenvalue weighted by molar-refractivity contribution is -0.138. The van der Waals surface area contributed by atoms with E-state index in [0.717, 1.165) is 12.8 Å². The number of rotatable bonds is 5. The molecule has 1 aromatic rings. The average molecular weight is 395 g/mol. The van der Waals surface area contributed by atoms with Gasteiger partial charge in [-0.05, 0) is 31.9 Å². The van der Waals surface area contributed by atoms with Gasteiger partial charge in [0, 0.05) is 23.1 Å². The van der Waals surface area contributed by atoms with E-state index in [1.807, 2.05) is 6.92 Å². The van der Waals surface area contributed by atoms with Gasteiger partial charge < -0.3 is 10.0 Å². The molecule has 0 unspecified atom stereocenters. The first kappa shape index (κ1) is 18.9. The van der Waals surface area contributed by atoms with E-state index >= 15 is 0 Å². The Kier molecular flexibility index (Phi) is 7.82. The predicted molar refractivity (Wildman–Crippen MR) is 86.3 cm³/mol. The van der Waals surface area contributed by atoms with Crippen LogP contribution in [0.2, 0.25) is 0 Å². The Morgan fingerprint density at radius 2 is 2.09 bits per heavy atom. The number of carbonyl (C=O) groups excluding carboxylic acids is 1. The van der Waals surface area contributed by atoms with Crippen LogP contribution in [-0.2, 0) is 16.1 Å². The third-order valence-corrected chi connectivity index (χ3v) is 3.87. The Bertz CT molecular complexity index is 538. The van der Waals surface area contributed by atoms with Crippen molar-refractivity contribution >= 4 is 39.4 Å². The second kappa shape index (κ2) is 9.10. The summed E-state index contributed by atoms with van der Waals surface area (Å²) in [6.07, 6.45) is 1.80. The summed E-state index contributed by atoms with van der Waals surface area (Å²) in [5.74, 6) is -1.20. The van der Waals surface area contributed by atoms with Gasteiger partial charge in [-0.15, -0.1) is 11.6 Å². The highest BCUT2D eigenvalue weighted by Gasteiger charge is 2.28. The molecule has 1 N–H and O–H groups in total. The van der Waals surface area contributed by atoms with Crippen molar-refractivity contribution in [3.63, 3.8) is 0 Å². The number of amides is 1. The highest BCUT2D eigenvalue weighted by molar-refractivity contribution is 9.10. The molecule has 122 valence electrons. The molecule has 1 fully saturated rings. The number of carboxylic acid groups (broad SMARTS) is 1. The summed E-state index contributed by atoms with van der Waals surface area (Å²) in [6.45, 7) is 2.60. The van der Waals surface area contributed by atoms with Crippen molar-refractivity contribution in [1.29, 1.82) is 0 Å². The molecular formula is C15H18BrClFNO3. The highest BCUT2D eigenvalue weighted by atomic mass is 79.9. The SMILES string of the molecule is CCN(Cc1ccc(Br)cc1F)C(=O)CCl.O=C(O)C1CC1. The Balaban J connectivity index is 0.000000335. The van der Waals surface area contributed by atoms with E-state index in [1.54, 1.807) is 12.1 Å². The van der Waals surface area contributed by atoms with Gasteiger partial charge in [0.25, 0.3) is 0 Å². The molecule has 0 aliphatic heterocycles. The first-order chi connectivity index (χ1) is 10.4. The van der Waals surface area contributed by atoms with Crippen LogP contribution in [0, 0.1) is 11.7 Å². The number of benzene rings is 1. The van der Waals surface area contributed by atoms with Crippen molar-refractivity contribution in [2.45, 2.75) is 26.3 Å². The minimum atomic E-state index is -0.630. The van der Waals surface area contributed by atoms with Crippen molar-refractivity contribution in [1.82, 2.24) is 4.90 Å². The number of alkyl halides is 1. The summed E-state index contributed by atoms with van der Waals surface area (Å²) in [7, 11) is 0. The van der Waals surface area contributed by atoms with Crippen LogP contribution < -0.4 is 0 Å². The number of hydrogen-bond acceptors (Lipinski definition) is 2. The van der Waals surface area contributed by atoms with Crippen molar-refractivity contribution in [3.8, 4) is 0 Å². The second-order valence-corrected chi connectivity index (χ2v) is 6.07. The molecular weight excluding hydrogens is 377 g/mol. The Hall–Kier alpha value is -1.14. The molecule has 1 aliphatic rings. The first-order valence-corrected chi connectivity index (χ1v) is 8.22. The summed E-state index contributed by atoms with van der Waals surface area (Å²) in [6, 6.07) is 4.79. The number of aliphatic carboxylic acids is 1. The monoisotopic (exact) mass is 393 g/mol. The fraction of sp³-hybridized carbons (Fsp3) is 0.467. The number of carbonyl (C=O) groups is 2. The number of halogens is 3. The van der Waals surface area contributed by atoms with Gasteiger partial charge in [-0.3, -0.25) is 9.59 Å². The third-order valence-electron chi connectivity index (χ3n) is 3.15. The molecule has 2 rings (SSSR count). The molecule has 0 heterocycles. The van der Waals surface area contributed by atoms with Gasteiger partial charge in [-0.25, -0.2) is 4.39 Å². The van der Waals surface area contributed by atoms with Crippen molar-refractivity contribution < 1.29 is 19.1 Å². The molecule has 4 nitrogen and oxygen atoms in total. The molecule has 0 atom stereocenters. The lowest BCUT2D eigenvalue weighted by Gasteiger charge is -2.20. The molecule has 0 aromatic heterocycles. The van der Waals surface area contributed by atoms with Gasteiger partial charge in [-0.2, -0.15) is 0 Å². The molecule has 22 heavy (non-hydrogen) atoms. The minimum absolute atomic E-state index is 0.0185. The second-order valence-electron chi connectivity index (χ2n) is 4.89. The van der Waals surface area contributed by atoms with Crippen LogP contribution in [0.3, 0.4) is 0 Å². The van der Waals surface area contributed by atoms with Crippen LogP contribution in [0.4, 0.5) is 4.39 Å². The van der Waals surface area contributed by atoms with Crippen LogP contribution in [0.5, 0.6) is 0 Å². The lowest BCUT2D eigenvalue weighted by Crippen LogP contribution is -2.31. The third kappa shape index (κ3) is 6.32. The quantitative estimate of drug-likeness (QED) is 0.776.